The van der Waals surface area contributed by atoms with E-state index < -0.39 is 0 Å². The third-order valence-corrected chi connectivity index (χ3v) is 5.09. The first kappa shape index (κ1) is 18.3. The number of carbonyl (C=O) groups excluding carboxylic acids is 1. The molecule has 1 heterocycles. The van der Waals surface area contributed by atoms with Gasteiger partial charge in [-0.25, -0.2) is 4.39 Å². The molecule has 23 heavy (non-hydrogen) atoms. The molecule has 0 bridgehead atoms. The van der Waals surface area contributed by atoms with Crippen LogP contribution in [0.1, 0.15) is 37.7 Å². The molecule has 0 atom stereocenters. The number of hydrogen-bond acceptors (Lipinski definition) is 3. The molecule has 0 unspecified atom stereocenters. The zero-order valence-electron chi connectivity index (χ0n) is 13.7. The number of benzene rings is 1. The second-order valence-electron chi connectivity index (χ2n) is 6.08. The summed E-state index contributed by atoms with van der Waals surface area (Å²) in [6.45, 7) is 4.26. The molecule has 1 aromatic rings. The first-order chi connectivity index (χ1) is 11.2. The van der Waals surface area contributed by atoms with Crippen molar-refractivity contribution < 1.29 is 9.18 Å². The van der Waals surface area contributed by atoms with Gasteiger partial charge in [0, 0.05) is 12.3 Å². The summed E-state index contributed by atoms with van der Waals surface area (Å²) in [5, 5.41) is 2.99. The maximum atomic E-state index is 12.8. The van der Waals surface area contributed by atoms with Gasteiger partial charge in [-0.3, -0.25) is 4.79 Å². The lowest BCUT2D eigenvalue weighted by molar-refractivity contribution is -0.118. The molecule has 0 aliphatic carbocycles. The van der Waals surface area contributed by atoms with Crippen LogP contribution in [0.4, 0.5) is 4.39 Å². The molecule has 1 fully saturated rings. The first-order valence-corrected chi connectivity index (χ1v) is 9.71. The van der Waals surface area contributed by atoms with Crippen molar-refractivity contribution >= 4 is 17.7 Å². The van der Waals surface area contributed by atoms with E-state index in [0.717, 1.165) is 30.8 Å². The number of rotatable bonds is 8. The minimum absolute atomic E-state index is 0.0907. The highest BCUT2D eigenvalue weighted by atomic mass is 32.2. The highest BCUT2D eigenvalue weighted by Gasteiger charge is 2.08. The molecule has 0 spiro atoms. The van der Waals surface area contributed by atoms with E-state index in [1.807, 2.05) is 0 Å². The lowest BCUT2D eigenvalue weighted by Crippen LogP contribution is -2.31. The van der Waals surface area contributed by atoms with Gasteiger partial charge in [0.2, 0.25) is 5.91 Å². The molecule has 0 saturated carbocycles. The van der Waals surface area contributed by atoms with Crippen LogP contribution in [-0.4, -0.2) is 42.7 Å². The largest absolute Gasteiger partial charge is 0.355 e. The SMILES string of the molecule is O=C(CSCc1ccc(F)cc1)NCCCN1CCCCCC1. The van der Waals surface area contributed by atoms with Crippen LogP contribution in [0.5, 0.6) is 0 Å². The summed E-state index contributed by atoms with van der Waals surface area (Å²) in [5.41, 5.74) is 1.05. The van der Waals surface area contributed by atoms with Crippen LogP contribution < -0.4 is 5.32 Å². The Morgan fingerprint density at radius 2 is 1.83 bits per heavy atom. The zero-order chi connectivity index (χ0) is 16.3. The van der Waals surface area contributed by atoms with Crippen molar-refractivity contribution in [3.05, 3.63) is 35.6 Å². The molecule has 1 aliphatic rings. The van der Waals surface area contributed by atoms with Crippen molar-refractivity contribution in [2.24, 2.45) is 0 Å². The second kappa shape index (κ2) is 10.7. The second-order valence-corrected chi connectivity index (χ2v) is 7.06. The molecular weight excluding hydrogens is 311 g/mol. The van der Waals surface area contributed by atoms with Crippen LogP contribution in [0.2, 0.25) is 0 Å². The Labute approximate surface area is 143 Å². The number of thioether (sulfide) groups is 1. The van der Waals surface area contributed by atoms with Gasteiger partial charge in [-0.2, -0.15) is 0 Å². The average Bonchev–Trinajstić information content (AvgIpc) is 2.82. The van der Waals surface area contributed by atoms with Crippen molar-refractivity contribution in [1.82, 2.24) is 10.2 Å². The monoisotopic (exact) mass is 338 g/mol. The third kappa shape index (κ3) is 7.84. The van der Waals surface area contributed by atoms with E-state index >= 15 is 0 Å². The Morgan fingerprint density at radius 3 is 2.52 bits per heavy atom. The quantitative estimate of drug-likeness (QED) is 0.737. The number of nitrogens with one attached hydrogen (secondary N) is 1. The normalized spacial score (nSPS) is 16.0. The van der Waals surface area contributed by atoms with Gasteiger partial charge in [-0.05, 0) is 56.6 Å². The van der Waals surface area contributed by atoms with Crippen molar-refractivity contribution in [3.8, 4) is 0 Å². The number of nitrogens with zero attached hydrogens (tertiary/aromatic N) is 1. The van der Waals surface area contributed by atoms with Crippen LogP contribution >= 0.6 is 11.8 Å². The van der Waals surface area contributed by atoms with Gasteiger partial charge < -0.3 is 10.2 Å². The van der Waals surface area contributed by atoms with Crippen LogP contribution in [0.15, 0.2) is 24.3 Å². The molecule has 5 heteroatoms. The first-order valence-electron chi connectivity index (χ1n) is 8.55. The fourth-order valence-corrected chi connectivity index (χ4v) is 3.60. The van der Waals surface area contributed by atoms with Gasteiger partial charge >= 0.3 is 0 Å². The number of carbonyl (C=O) groups is 1. The van der Waals surface area contributed by atoms with Gasteiger partial charge in [0.05, 0.1) is 5.75 Å². The van der Waals surface area contributed by atoms with Crippen molar-refractivity contribution in [1.29, 1.82) is 0 Å². The summed E-state index contributed by atoms with van der Waals surface area (Å²) >= 11 is 1.56. The molecule has 0 radical (unpaired) electrons. The summed E-state index contributed by atoms with van der Waals surface area (Å²) in [7, 11) is 0. The minimum atomic E-state index is -0.221. The van der Waals surface area contributed by atoms with Crippen molar-refractivity contribution in [2.75, 3.05) is 31.9 Å². The van der Waals surface area contributed by atoms with Crippen molar-refractivity contribution in [3.63, 3.8) is 0 Å². The minimum Gasteiger partial charge on any atom is -0.355 e. The molecule has 1 amide bonds. The maximum absolute atomic E-state index is 12.8. The summed E-state index contributed by atoms with van der Waals surface area (Å²) in [4.78, 5) is 14.3. The van der Waals surface area contributed by atoms with Gasteiger partial charge in [-0.15, -0.1) is 11.8 Å². The molecule has 2 rings (SSSR count). The topological polar surface area (TPSA) is 32.3 Å². The maximum Gasteiger partial charge on any atom is 0.230 e. The van der Waals surface area contributed by atoms with E-state index in [9.17, 15) is 9.18 Å². The Hall–Kier alpha value is -1.07. The molecule has 1 aliphatic heterocycles. The average molecular weight is 338 g/mol. The molecule has 0 aromatic heterocycles. The van der Waals surface area contributed by atoms with E-state index in [-0.39, 0.29) is 11.7 Å². The van der Waals surface area contributed by atoms with Gasteiger partial charge in [0.1, 0.15) is 5.82 Å². The summed E-state index contributed by atoms with van der Waals surface area (Å²) in [5.74, 6) is 1.07. The molecule has 128 valence electrons. The Bertz CT molecular complexity index is 459. The number of amides is 1. The highest BCUT2D eigenvalue weighted by molar-refractivity contribution is 7.99. The molecular formula is C18H27FN2OS. The van der Waals surface area contributed by atoms with Crippen LogP contribution in [0, 0.1) is 5.82 Å². The van der Waals surface area contributed by atoms with Crippen LogP contribution in [0.3, 0.4) is 0 Å². The van der Waals surface area contributed by atoms with Gasteiger partial charge in [-0.1, -0.05) is 25.0 Å². The molecule has 3 nitrogen and oxygen atoms in total. The highest BCUT2D eigenvalue weighted by Crippen LogP contribution is 2.12. The summed E-state index contributed by atoms with van der Waals surface area (Å²) < 4.78 is 12.8. The summed E-state index contributed by atoms with van der Waals surface area (Å²) in [6.07, 6.45) is 6.37. The van der Waals surface area contributed by atoms with Crippen LogP contribution in [-0.2, 0) is 10.5 Å². The Kier molecular flexibility index (Phi) is 8.47. The fourth-order valence-electron chi connectivity index (χ4n) is 2.78. The number of hydrogen-bond donors (Lipinski definition) is 1. The molecule has 1 aromatic carbocycles. The Morgan fingerprint density at radius 1 is 1.13 bits per heavy atom. The smallest absolute Gasteiger partial charge is 0.230 e. The van der Waals surface area contributed by atoms with E-state index in [1.165, 1.54) is 50.9 Å². The number of halogens is 1. The van der Waals surface area contributed by atoms with E-state index in [0.29, 0.717) is 5.75 Å². The van der Waals surface area contributed by atoms with Crippen LogP contribution in [0.25, 0.3) is 0 Å². The van der Waals surface area contributed by atoms with Gasteiger partial charge in [0.15, 0.2) is 0 Å². The van der Waals surface area contributed by atoms with E-state index in [2.05, 4.69) is 10.2 Å². The van der Waals surface area contributed by atoms with Crippen molar-refractivity contribution in [2.45, 2.75) is 37.9 Å². The molecule has 1 N–H and O–H groups in total. The van der Waals surface area contributed by atoms with Gasteiger partial charge in [0.25, 0.3) is 0 Å². The molecule has 1 saturated heterocycles. The lowest BCUT2D eigenvalue weighted by atomic mass is 10.2. The number of likely N-dealkylation sites (tertiary alicyclic amines) is 1. The predicted octanol–water partition coefficient (Wildman–Crippen LogP) is 3.44. The Balaban J connectivity index is 1.50. The van der Waals surface area contributed by atoms with E-state index in [4.69, 9.17) is 0 Å². The standard InChI is InChI=1S/C18H27FN2OS/c19-17-8-6-16(7-9-17)14-23-15-18(22)20-10-5-13-21-11-3-1-2-4-12-21/h6-9H,1-5,10-15H2,(H,20,22). The van der Waals surface area contributed by atoms with E-state index in [1.54, 1.807) is 23.9 Å². The fraction of sp³-hybridized carbons (Fsp3) is 0.611. The third-order valence-electron chi connectivity index (χ3n) is 4.09. The summed E-state index contributed by atoms with van der Waals surface area (Å²) in [6, 6.07) is 6.44. The zero-order valence-corrected chi connectivity index (χ0v) is 14.5. The predicted molar refractivity (Wildman–Crippen MR) is 95.1 cm³/mol. The lowest BCUT2D eigenvalue weighted by Gasteiger charge is -2.19.